The van der Waals surface area contributed by atoms with Gasteiger partial charge in [0.15, 0.2) is 17.9 Å². The van der Waals surface area contributed by atoms with Crippen LogP contribution in [-0.4, -0.2) is 32.3 Å². The molecule has 0 aliphatic heterocycles. The Morgan fingerprint density at radius 2 is 2.10 bits per heavy atom. The Bertz CT molecular complexity index is 1130. The number of anilines is 2. The van der Waals surface area contributed by atoms with Gasteiger partial charge in [0.2, 0.25) is 0 Å². The van der Waals surface area contributed by atoms with Gasteiger partial charge in [-0.15, -0.1) is 0 Å². The fourth-order valence-corrected chi connectivity index (χ4v) is 2.56. The normalized spacial score (nSPS) is 10.3. The first-order valence-corrected chi connectivity index (χ1v) is 8.48. The molecule has 0 unspecified atom stereocenters. The van der Waals surface area contributed by atoms with Crippen LogP contribution in [0.15, 0.2) is 53.7 Å². The summed E-state index contributed by atoms with van der Waals surface area (Å²) in [6, 6.07) is 9.22. The molecule has 10 nitrogen and oxygen atoms in total. The number of benzene rings is 1. The molecule has 0 amide bonds. The molecule has 0 radical (unpaired) electrons. The molecule has 29 heavy (non-hydrogen) atoms. The minimum Gasteiger partial charge on any atom is -0.496 e. The second-order valence-corrected chi connectivity index (χ2v) is 5.82. The van der Waals surface area contributed by atoms with Gasteiger partial charge in [-0.1, -0.05) is 0 Å². The zero-order chi connectivity index (χ0) is 20.1. The third kappa shape index (κ3) is 4.14. The molecule has 0 bridgehead atoms. The number of hydrogen-bond donors (Lipinski definition) is 2. The first kappa shape index (κ1) is 18.0. The van der Waals surface area contributed by atoms with Crippen molar-refractivity contribution in [1.29, 1.82) is 5.26 Å². The highest BCUT2D eigenvalue weighted by Crippen LogP contribution is 2.33. The minimum atomic E-state index is 0.244. The van der Waals surface area contributed by atoms with Gasteiger partial charge >= 0.3 is 0 Å². The summed E-state index contributed by atoms with van der Waals surface area (Å²) in [6.45, 7) is 0.294. The summed E-state index contributed by atoms with van der Waals surface area (Å²) < 4.78 is 16.1. The Balaban J connectivity index is 1.49. The molecule has 144 valence electrons. The standard InChI is InChI=1S/C19H15N7O3/c1-27-17-4-14(29-10-13-9-28-11-23-13)2-3-15(17)16-5-18(26-25-16)24-19-8-21-12(6-20)7-22-19/h2-5,7-9,11H,10H2,1H3,(H2,22,24,25,26). The van der Waals surface area contributed by atoms with Crippen molar-refractivity contribution in [1.82, 2.24) is 25.1 Å². The maximum atomic E-state index is 8.78. The maximum absolute atomic E-state index is 8.78. The van der Waals surface area contributed by atoms with Crippen LogP contribution in [0.25, 0.3) is 11.3 Å². The van der Waals surface area contributed by atoms with Crippen LogP contribution in [0.2, 0.25) is 0 Å². The largest absolute Gasteiger partial charge is 0.496 e. The second-order valence-electron chi connectivity index (χ2n) is 5.82. The van der Waals surface area contributed by atoms with Crippen LogP contribution in [0.4, 0.5) is 11.6 Å². The Labute approximate surface area is 165 Å². The summed E-state index contributed by atoms with van der Waals surface area (Å²) in [6.07, 6.45) is 5.74. The maximum Gasteiger partial charge on any atom is 0.180 e. The fraction of sp³-hybridized carbons (Fsp3) is 0.105. The molecular formula is C19H15N7O3. The third-order valence-electron chi connectivity index (χ3n) is 3.93. The summed E-state index contributed by atoms with van der Waals surface area (Å²) in [5.74, 6) is 2.29. The van der Waals surface area contributed by atoms with Crippen LogP contribution in [-0.2, 0) is 6.61 Å². The highest BCUT2D eigenvalue weighted by atomic mass is 16.5. The van der Waals surface area contributed by atoms with E-state index in [1.165, 1.54) is 25.1 Å². The lowest BCUT2D eigenvalue weighted by Crippen LogP contribution is -1.96. The average Bonchev–Trinajstić information content (AvgIpc) is 3.45. The lowest BCUT2D eigenvalue weighted by atomic mass is 10.1. The molecule has 0 atom stereocenters. The summed E-state index contributed by atoms with van der Waals surface area (Å²) in [5, 5.41) is 19.0. The molecule has 2 N–H and O–H groups in total. The monoisotopic (exact) mass is 389 g/mol. The molecular weight excluding hydrogens is 374 g/mol. The van der Waals surface area contributed by atoms with Crippen molar-refractivity contribution in [3.8, 4) is 28.8 Å². The number of rotatable bonds is 7. The number of aromatic amines is 1. The number of nitriles is 1. The number of ether oxygens (including phenoxy) is 2. The van der Waals surface area contributed by atoms with Gasteiger partial charge in [-0.2, -0.15) is 10.4 Å². The molecule has 0 fully saturated rings. The summed E-state index contributed by atoms with van der Waals surface area (Å²) >= 11 is 0. The van der Waals surface area contributed by atoms with E-state index < -0.39 is 0 Å². The smallest absolute Gasteiger partial charge is 0.180 e. The Morgan fingerprint density at radius 1 is 1.17 bits per heavy atom. The summed E-state index contributed by atoms with van der Waals surface area (Å²) in [4.78, 5) is 12.1. The van der Waals surface area contributed by atoms with Crippen LogP contribution in [0.5, 0.6) is 11.5 Å². The van der Waals surface area contributed by atoms with Crippen molar-refractivity contribution < 1.29 is 13.9 Å². The third-order valence-corrected chi connectivity index (χ3v) is 3.93. The quantitative estimate of drug-likeness (QED) is 0.489. The Kier molecular flexibility index (Phi) is 5.02. The lowest BCUT2D eigenvalue weighted by Gasteiger charge is -2.10. The van der Waals surface area contributed by atoms with E-state index in [2.05, 4.69) is 30.5 Å². The molecule has 0 aliphatic rings. The van der Waals surface area contributed by atoms with Crippen molar-refractivity contribution >= 4 is 11.6 Å². The molecule has 4 rings (SSSR count). The van der Waals surface area contributed by atoms with E-state index >= 15 is 0 Å². The molecule has 0 spiro atoms. The second kappa shape index (κ2) is 8.10. The van der Waals surface area contributed by atoms with Crippen LogP contribution in [0.3, 0.4) is 0 Å². The zero-order valence-corrected chi connectivity index (χ0v) is 15.3. The van der Waals surface area contributed by atoms with Crippen molar-refractivity contribution in [2.45, 2.75) is 6.61 Å². The van der Waals surface area contributed by atoms with E-state index in [9.17, 15) is 0 Å². The van der Waals surface area contributed by atoms with E-state index in [-0.39, 0.29) is 5.69 Å². The van der Waals surface area contributed by atoms with Crippen molar-refractivity contribution in [3.63, 3.8) is 0 Å². The highest BCUT2D eigenvalue weighted by molar-refractivity contribution is 5.71. The molecule has 0 aliphatic carbocycles. The van der Waals surface area contributed by atoms with Crippen molar-refractivity contribution in [3.05, 3.63) is 60.7 Å². The SMILES string of the molecule is COc1cc(OCc2cocn2)ccc1-c1cc(Nc2cnc(C#N)cn2)n[nH]1. The van der Waals surface area contributed by atoms with Crippen LogP contribution >= 0.6 is 0 Å². The molecule has 10 heteroatoms. The lowest BCUT2D eigenvalue weighted by molar-refractivity contribution is 0.298. The van der Waals surface area contributed by atoms with Crippen molar-refractivity contribution in [2.24, 2.45) is 0 Å². The molecule has 1 aromatic carbocycles. The Morgan fingerprint density at radius 3 is 2.83 bits per heavy atom. The van der Waals surface area contributed by atoms with E-state index in [1.807, 2.05) is 24.3 Å². The molecule has 0 saturated heterocycles. The highest BCUT2D eigenvalue weighted by Gasteiger charge is 2.12. The predicted molar refractivity (Wildman–Crippen MR) is 101 cm³/mol. The number of hydrogen-bond acceptors (Lipinski definition) is 9. The van der Waals surface area contributed by atoms with Gasteiger partial charge in [0.25, 0.3) is 0 Å². The molecule has 3 aromatic heterocycles. The Hall–Kier alpha value is -4.39. The number of oxazole rings is 1. The van der Waals surface area contributed by atoms with E-state index in [0.717, 1.165) is 11.3 Å². The fourth-order valence-electron chi connectivity index (χ4n) is 2.56. The number of methoxy groups -OCH3 is 1. The average molecular weight is 389 g/mol. The first-order valence-electron chi connectivity index (χ1n) is 8.48. The van der Waals surface area contributed by atoms with E-state index in [4.69, 9.17) is 19.2 Å². The summed E-state index contributed by atoms with van der Waals surface area (Å²) in [5.41, 5.74) is 2.50. The van der Waals surface area contributed by atoms with Gasteiger partial charge in [0.1, 0.15) is 42.0 Å². The van der Waals surface area contributed by atoms with Crippen LogP contribution in [0.1, 0.15) is 11.4 Å². The van der Waals surface area contributed by atoms with Gasteiger partial charge in [0, 0.05) is 17.7 Å². The van der Waals surface area contributed by atoms with Gasteiger partial charge in [-0.05, 0) is 12.1 Å². The van der Waals surface area contributed by atoms with Crippen LogP contribution in [0, 0.1) is 11.3 Å². The number of nitrogens with zero attached hydrogens (tertiary/aromatic N) is 5. The van der Waals surface area contributed by atoms with E-state index in [1.54, 1.807) is 13.2 Å². The first-order chi connectivity index (χ1) is 14.2. The predicted octanol–water partition coefficient (Wildman–Crippen LogP) is 3.06. The molecule has 3 heterocycles. The van der Waals surface area contributed by atoms with Crippen LogP contribution < -0.4 is 14.8 Å². The van der Waals surface area contributed by atoms with Gasteiger partial charge in [-0.25, -0.2) is 15.0 Å². The van der Waals surface area contributed by atoms with E-state index in [0.29, 0.717) is 35.4 Å². The number of aromatic nitrogens is 5. The molecule has 0 saturated carbocycles. The van der Waals surface area contributed by atoms with Gasteiger partial charge in [0.05, 0.1) is 25.2 Å². The minimum absolute atomic E-state index is 0.244. The van der Waals surface area contributed by atoms with Gasteiger partial charge in [-0.3, -0.25) is 5.10 Å². The summed E-state index contributed by atoms with van der Waals surface area (Å²) in [7, 11) is 1.59. The topological polar surface area (TPSA) is 135 Å². The molecule has 4 aromatic rings. The number of H-pyrrole nitrogens is 1. The number of nitrogens with one attached hydrogen (secondary N) is 2. The van der Waals surface area contributed by atoms with Gasteiger partial charge < -0.3 is 19.2 Å². The zero-order valence-electron chi connectivity index (χ0n) is 15.3. The van der Waals surface area contributed by atoms with Crippen molar-refractivity contribution in [2.75, 3.05) is 12.4 Å².